The molecule has 96 valence electrons. The molecule has 0 aromatic carbocycles. The predicted molar refractivity (Wildman–Crippen MR) is 61.2 cm³/mol. The molecule has 1 rings (SSSR count). The zero-order valence-corrected chi connectivity index (χ0v) is 9.37. The molecular weight excluding hydrogens is 226 g/mol. The first-order valence-corrected chi connectivity index (χ1v) is 5.33. The predicted octanol–water partition coefficient (Wildman–Crippen LogP) is -0.855. The molecule has 0 saturated heterocycles. The van der Waals surface area contributed by atoms with Crippen LogP contribution in [0.3, 0.4) is 0 Å². The molecule has 0 aliphatic carbocycles. The minimum absolute atomic E-state index is 0.0582. The average molecular weight is 243 g/mol. The number of aromatic amines is 1. The molecule has 0 bridgehead atoms. The van der Waals surface area contributed by atoms with E-state index in [1.54, 1.807) is 0 Å². The summed E-state index contributed by atoms with van der Waals surface area (Å²) in [7, 11) is 0. The molecule has 1 aromatic rings. The largest absolute Gasteiger partial charge is 0.432 e. The molecule has 0 radical (unpaired) electrons. The molecule has 1 atom stereocenters. The number of nitrogens with zero attached hydrogens (tertiary/aromatic N) is 2. The zero-order valence-electron chi connectivity index (χ0n) is 9.37. The average Bonchev–Trinajstić information content (AvgIpc) is 2.74. The first-order chi connectivity index (χ1) is 8.06. The second-order valence-corrected chi connectivity index (χ2v) is 3.92. The molecule has 0 fully saturated rings. The lowest BCUT2D eigenvalue weighted by Crippen LogP contribution is -2.28. The van der Waals surface area contributed by atoms with Crippen LogP contribution < -0.4 is 11.5 Å². The lowest BCUT2D eigenvalue weighted by molar-refractivity contribution is -0.393. The monoisotopic (exact) mass is 243 g/mol. The summed E-state index contributed by atoms with van der Waals surface area (Å²) in [6.07, 6.45) is 1.46. The van der Waals surface area contributed by atoms with Gasteiger partial charge in [-0.1, -0.05) is 4.98 Å². The van der Waals surface area contributed by atoms with Crippen molar-refractivity contribution < 1.29 is 10.0 Å². The van der Waals surface area contributed by atoms with E-state index in [1.807, 2.05) is 0 Å². The lowest BCUT2D eigenvalue weighted by Gasteiger charge is -2.15. The van der Waals surface area contributed by atoms with Crippen LogP contribution in [0.1, 0.15) is 12.1 Å². The standard InChI is InChI=1S/C9H17N5O3/c10-3-6(4-11)1-8(15)2-7-5-12-9(13-7)14(16)17/h5-6,8,15H,1-4,10-11H2,(H,12,13). The number of nitrogens with two attached hydrogens (primary N) is 2. The highest BCUT2D eigenvalue weighted by Crippen LogP contribution is 2.11. The number of aliphatic hydroxyl groups is 1. The van der Waals surface area contributed by atoms with Crippen LogP contribution in [0.25, 0.3) is 0 Å². The van der Waals surface area contributed by atoms with Gasteiger partial charge < -0.3 is 26.7 Å². The fraction of sp³-hybridized carbons (Fsp3) is 0.667. The number of nitrogens with one attached hydrogen (secondary N) is 1. The molecule has 8 nitrogen and oxygen atoms in total. The SMILES string of the molecule is NCC(CN)CC(O)Cc1cnc([N+](=O)[O-])[nH]1. The lowest BCUT2D eigenvalue weighted by atomic mass is 9.99. The fourth-order valence-electron chi connectivity index (χ4n) is 1.55. The minimum Gasteiger partial charge on any atom is -0.393 e. The Balaban J connectivity index is 2.49. The van der Waals surface area contributed by atoms with E-state index >= 15 is 0 Å². The minimum atomic E-state index is -0.632. The Hall–Kier alpha value is -1.51. The summed E-state index contributed by atoms with van der Waals surface area (Å²) in [6.45, 7) is 0.827. The van der Waals surface area contributed by atoms with Gasteiger partial charge in [-0.2, -0.15) is 0 Å². The van der Waals surface area contributed by atoms with Gasteiger partial charge in [-0.15, -0.1) is 0 Å². The first kappa shape index (κ1) is 13.6. The highest BCUT2D eigenvalue weighted by atomic mass is 16.6. The van der Waals surface area contributed by atoms with Crippen LogP contribution in [-0.2, 0) is 6.42 Å². The van der Waals surface area contributed by atoms with Crippen molar-refractivity contribution in [2.24, 2.45) is 17.4 Å². The maximum absolute atomic E-state index is 10.4. The quantitative estimate of drug-likeness (QED) is 0.362. The molecule has 0 aliphatic rings. The van der Waals surface area contributed by atoms with Gasteiger partial charge >= 0.3 is 5.95 Å². The Labute approximate surface area is 98.2 Å². The molecule has 1 unspecified atom stereocenters. The Morgan fingerprint density at radius 3 is 2.65 bits per heavy atom. The number of aromatic nitrogens is 2. The van der Waals surface area contributed by atoms with Crippen molar-refractivity contribution in [2.45, 2.75) is 18.9 Å². The summed E-state index contributed by atoms with van der Waals surface area (Å²) >= 11 is 0. The third-order valence-electron chi connectivity index (χ3n) is 2.52. The van der Waals surface area contributed by atoms with Crippen LogP contribution in [0, 0.1) is 16.0 Å². The van der Waals surface area contributed by atoms with Crippen molar-refractivity contribution in [3.63, 3.8) is 0 Å². The molecule has 0 spiro atoms. The van der Waals surface area contributed by atoms with Gasteiger partial charge in [0.2, 0.25) is 0 Å². The third kappa shape index (κ3) is 4.10. The molecule has 1 heterocycles. The van der Waals surface area contributed by atoms with Crippen molar-refractivity contribution in [3.05, 3.63) is 22.0 Å². The summed E-state index contributed by atoms with van der Waals surface area (Å²) in [5.41, 5.74) is 11.5. The van der Waals surface area contributed by atoms with E-state index in [4.69, 9.17) is 11.5 Å². The van der Waals surface area contributed by atoms with E-state index in [0.717, 1.165) is 0 Å². The summed E-state index contributed by atoms with van der Waals surface area (Å²) in [5.74, 6) is -0.260. The summed E-state index contributed by atoms with van der Waals surface area (Å²) in [4.78, 5) is 15.9. The first-order valence-electron chi connectivity index (χ1n) is 5.33. The molecule has 6 N–H and O–H groups in total. The van der Waals surface area contributed by atoms with Crippen LogP contribution in [0.4, 0.5) is 5.95 Å². The summed E-state index contributed by atoms with van der Waals surface area (Å²) in [6, 6.07) is 0. The number of aliphatic hydroxyl groups excluding tert-OH is 1. The van der Waals surface area contributed by atoms with Gasteiger partial charge in [0.15, 0.2) is 0 Å². The molecular formula is C9H17N5O3. The maximum Gasteiger partial charge on any atom is 0.432 e. The normalized spacial score (nSPS) is 12.9. The Morgan fingerprint density at radius 1 is 1.53 bits per heavy atom. The number of hydrogen-bond acceptors (Lipinski definition) is 6. The number of nitro groups is 1. The summed E-state index contributed by atoms with van der Waals surface area (Å²) < 4.78 is 0. The molecule has 0 amide bonds. The van der Waals surface area contributed by atoms with E-state index in [2.05, 4.69) is 9.97 Å². The van der Waals surface area contributed by atoms with Gasteiger partial charge in [0.05, 0.1) is 6.10 Å². The van der Waals surface area contributed by atoms with Gasteiger partial charge in [-0.25, -0.2) is 4.98 Å². The molecule has 1 aromatic heterocycles. The molecule has 8 heteroatoms. The molecule has 0 saturated carbocycles. The zero-order chi connectivity index (χ0) is 12.8. The van der Waals surface area contributed by atoms with Crippen LogP contribution >= 0.6 is 0 Å². The van der Waals surface area contributed by atoms with Crippen molar-refractivity contribution in [1.82, 2.24) is 9.97 Å². The van der Waals surface area contributed by atoms with Crippen molar-refractivity contribution in [2.75, 3.05) is 13.1 Å². The fourth-order valence-corrected chi connectivity index (χ4v) is 1.55. The maximum atomic E-state index is 10.4. The molecule has 17 heavy (non-hydrogen) atoms. The highest BCUT2D eigenvalue weighted by molar-refractivity contribution is 5.11. The highest BCUT2D eigenvalue weighted by Gasteiger charge is 2.17. The second kappa shape index (κ2) is 6.28. The van der Waals surface area contributed by atoms with Crippen LogP contribution in [-0.4, -0.2) is 39.2 Å². The Bertz CT molecular complexity index is 363. The second-order valence-electron chi connectivity index (χ2n) is 3.92. The Kier molecular flexibility index (Phi) is 5.01. The molecule has 0 aliphatic heterocycles. The van der Waals surface area contributed by atoms with Crippen LogP contribution in [0.5, 0.6) is 0 Å². The van der Waals surface area contributed by atoms with Crippen LogP contribution in [0.15, 0.2) is 6.20 Å². The van der Waals surface area contributed by atoms with Gasteiger partial charge in [-0.05, 0) is 30.4 Å². The van der Waals surface area contributed by atoms with Crippen molar-refractivity contribution in [3.8, 4) is 0 Å². The third-order valence-corrected chi connectivity index (χ3v) is 2.52. The van der Waals surface area contributed by atoms with E-state index in [0.29, 0.717) is 25.2 Å². The summed E-state index contributed by atoms with van der Waals surface area (Å²) in [5, 5.41) is 20.1. The smallest absolute Gasteiger partial charge is 0.393 e. The van der Waals surface area contributed by atoms with Gasteiger partial charge in [0.1, 0.15) is 11.9 Å². The number of hydrogen-bond donors (Lipinski definition) is 4. The number of H-pyrrole nitrogens is 1. The van der Waals surface area contributed by atoms with E-state index in [9.17, 15) is 15.2 Å². The van der Waals surface area contributed by atoms with Gasteiger partial charge in [0.25, 0.3) is 0 Å². The van der Waals surface area contributed by atoms with Crippen molar-refractivity contribution in [1.29, 1.82) is 0 Å². The Morgan fingerprint density at radius 2 is 2.18 bits per heavy atom. The van der Waals surface area contributed by atoms with Gasteiger partial charge in [0, 0.05) is 6.42 Å². The van der Waals surface area contributed by atoms with Gasteiger partial charge in [-0.3, -0.25) is 0 Å². The van der Waals surface area contributed by atoms with Crippen LogP contribution in [0.2, 0.25) is 0 Å². The number of rotatable bonds is 7. The topological polar surface area (TPSA) is 144 Å². The number of imidazole rings is 1. The van der Waals surface area contributed by atoms with E-state index in [-0.39, 0.29) is 18.3 Å². The van der Waals surface area contributed by atoms with E-state index in [1.165, 1.54) is 6.20 Å². The van der Waals surface area contributed by atoms with E-state index < -0.39 is 11.0 Å². The van der Waals surface area contributed by atoms with Crippen molar-refractivity contribution >= 4 is 5.95 Å².